The highest BCUT2D eigenvalue weighted by molar-refractivity contribution is 5.44. The first-order chi connectivity index (χ1) is 9.85. The molecule has 20 heavy (non-hydrogen) atoms. The van der Waals surface area contributed by atoms with Crippen molar-refractivity contribution < 1.29 is 14.6 Å². The van der Waals surface area contributed by atoms with Crippen molar-refractivity contribution in [1.29, 1.82) is 0 Å². The van der Waals surface area contributed by atoms with Crippen LogP contribution in [-0.4, -0.2) is 11.9 Å². The van der Waals surface area contributed by atoms with E-state index in [9.17, 15) is 0 Å². The molecule has 4 heteroatoms. The van der Waals surface area contributed by atoms with Crippen LogP contribution in [0.5, 0.6) is 11.5 Å². The van der Waals surface area contributed by atoms with Gasteiger partial charge < -0.3 is 19.9 Å². The topological polar surface area (TPSA) is 50.7 Å². The fraction of sp³-hybridized carbons (Fsp3) is 0.250. The average molecular weight is 271 g/mol. The Morgan fingerprint density at radius 1 is 0.900 bits per heavy atom. The summed E-state index contributed by atoms with van der Waals surface area (Å²) >= 11 is 0. The van der Waals surface area contributed by atoms with E-state index in [4.69, 9.17) is 14.6 Å². The highest BCUT2D eigenvalue weighted by Crippen LogP contribution is 2.32. The summed E-state index contributed by atoms with van der Waals surface area (Å²) in [6.45, 7) is 1.92. The Balaban J connectivity index is 1.57. The van der Waals surface area contributed by atoms with Crippen molar-refractivity contribution in [3.8, 4) is 11.5 Å². The van der Waals surface area contributed by atoms with E-state index in [0.29, 0.717) is 6.79 Å². The number of hydrogen-bond donors (Lipinski definition) is 2. The lowest BCUT2D eigenvalue weighted by Crippen LogP contribution is -2.12. The average Bonchev–Trinajstić information content (AvgIpc) is 2.95. The molecule has 3 rings (SSSR count). The minimum absolute atomic E-state index is 0.0794. The summed E-state index contributed by atoms with van der Waals surface area (Å²) in [5, 5.41) is 12.5. The van der Waals surface area contributed by atoms with Gasteiger partial charge in [0.25, 0.3) is 0 Å². The van der Waals surface area contributed by atoms with E-state index < -0.39 is 0 Å². The van der Waals surface area contributed by atoms with E-state index in [0.717, 1.165) is 41.3 Å². The zero-order valence-corrected chi connectivity index (χ0v) is 11.1. The summed E-state index contributed by atoms with van der Waals surface area (Å²) in [4.78, 5) is 0. The van der Waals surface area contributed by atoms with Crippen molar-refractivity contribution in [1.82, 2.24) is 5.32 Å². The standard InChI is InChI=1S/C16H17NO3/c18-10-14-3-1-2-12(6-14)8-17-9-13-4-5-15-16(7-13)20-11-19-15/h1-7,17-18H,8-11H2. The van der Waals surface area contributed by atoms with Crippen molar-refractivity contribution in [2.45, 2.75) is 19.7 Å². The maximum absolute atomic E-state index is 9.11. The van der Waals surface area contributed by atoms with Crippen LogP contribution in [0.1, 0.15) is 16.7 Å². The maximum atomic E-state index is 9.11. The van der Waals surface area contributed by atoms with Crippen LogP contribution < -0.4 is 14.8 Å². The summed E-state index contributed by atoms with van der Waals surface area (Å²) in [6, 6.07) is 13.9. The van der Waals surface area contributed by atoms with Gasteiger partial charge in [-0.1, -0.05) is 30.3 Å². The highest BCUT2D eigenvalue weighted by atomic mass is 16.7. The maximum Gasteiger partial charge on any atom is 0.231 e. The van der Waals surface area contributed by atoms with Gasteiger partial charge in [0.15, 0.2) is 11.5 Å². The van der Waals surface area contributed by atoms with Crippen molar-refractivity contribution in [3.63, 3.8) is 0 Å². The summed E-state index contributed by atoms with van der Waals surface area (Å²) in [5.41, 5.74) is 3.26. The van der Waals surface area contributed by atoms with E-state index >= 15 is 0 Å². The first-order valence-electron chi connectivity index (χ1n) is 6.63. The fourth-order valence-corrected chi connectivity index (χ4v) is 2.24. The predicted octanol–water partition coefficient (Wildman–Crippen LogP) is 2.20. The molecule has 2 N–H and O–H groups in total. The molecular weight excluding hydrogens is 254 g/mol. The van der Waals surface area contributed by atoms with Gasteiger partial charge in [0, 0.05) is 13.1 Å². The molecule has 2 aromatic rings. The van der Waals surface area contributed by atoms with Crippen molar-refractivity contribution in [2.24, 2.45) is 0 Å². The van der Waals surface area contributed by atoms with Crippen LogP contribution in [0.4, 0.5) is 0 Å². The second-order valence-corrected chi connectivity index (χ2v) is 4.77. The number of benzene rings is 2. The Morgan fingerprint density at radius 2 is 1.65 bits per heavy atom. The highest BCUT2D eigenvalue weighted by Gasteiger charge is 2.12. The van der Waals surface area contributed by atoms with E-state index in [1.54, 1.807) is 0 Å². The number of hydrogen-bond acceptors (Lipinski definition) is 4. The summed E-state index contributed by atoms with van der Waals surface area (Å²) in [5.74, 6) is 1.62. The van der Waals surface area contributed by atoms with Crippen LogP contribution in [0, 0.1) is 0 Å². The van der Waals surface area contributed by atoms with Crippen molar-refractivity contribution in [3.05, 3.63) is 59.2 Å². The lowest BCUT2D eigenvalue weighted by Gasteiger charge is -2.07. The van der Waals surface area contributed by atoms with Gasteiger partial charge >= 0.3 is 0 Å². The number of ether oxygens (including phenoxy) is 2. The first kappa shape index (κ1) is 13.0. The van der Waals surface area contributed by atoms with Gasteiger partial charge in [-0.2, -0.15) is 0 Å². The van der Waals surface area contributed by atoms with Crippen LogP contribution in [-0.2, 0) is 19.7 Å². The first-order valence-corrected chi connectivity index (χ1v) is 6.63. The molecule has 0 unspecified atom stereocenters. The normalized spacial score (nSPS) is 12.7. The number of rotatable bonds is 5. The van der Waals surface area contributed by atoms with Crippen LogP contribution in [0.25, 0.3) is 0 Å². The minimum Gasteiger partial charge on any atom is -0.454 e. The Labute approximate surface area is 118 Å². The Hall–Kier alpha value is -2.04. The monoisotopic (exact) mass is 271 g/mol. The van der Waals surface area contributed by atoms with Crippen LogP contribution >= 0.6 is 0 Å². The second kappa shape index (κ2) is 5.94. The molecule has 0 atom stereocenters. The molecule has 1 heterocycles. The quantitative estimate of drug-likeness (QED) is 0.875. The molecule has 0 saturated heterocycles. The van der Waals surface area contributed by atoms with Crippen molar-refractivity contribution in [2.75, 3.05) is 6.79 Å². The largest absolute Gasteiger partial charge is 0.454 e. The lowest BCUT2D eigenvalue weighted by atomic mass is 10.1. The molecule has 0 aliphatic carbocycles. The Morgan fingerprint density at radius 3 is 2.50 bits per heavy atom. The van der Waals surface area contributed by atoms with Crippen molar-refractivity contribution >= 4 is 0 Å². The summed E-state index contributed by atoms with van der Waals surface area (Å²) < 4.78 is 10.6. The zero-order chi connectivity index (χ0) is 13.8. The lowest BCUT2D eigenvalue weighted by molar-refractivity contribution is 0.174. The zero-order valence-electron chi connectivity index (χ0n) is 11.1. The molecule has 0 aromatic heterocycles. The molecular formula is C16H17NO3. The molecule has 1 aliphatic heterocycles. The van der Waals surface area contributed by atoms with Crippen LogP contribution in [0.3, 0.4) is 0 Å². The molecule has 104 valence electrons. The molecule has 0 spiro atoms. The fourth-order valence-electron chi connectivity index (χ4n) is 2.24. The third-order valence-corrected chi connectivity index (χ3v) is 3.27. The van der Waals surface area contributed by atoms with E-state index in [1.807, 2.05) is 42.5 Å². The van der Waals surface area contributed by atoms with Gasteiger partial charge in [0.05, 0.1) is 6.61 Å². The number of fused-ring (bicyclic) bond motifs is 1. The van der Waals surface area contributed by atoms with Gasteiger partial charge in [-0.15, -0.1) is 0 Å². The molecule has 0 fully saturated rings. The third-order valence-electron chi connectivity index (χ3n) is 3.27. The van der Waals surface area contributed by atoms with Gasteiger partial charge in [0.2, 0.25) is 6.79 Å². The molecule has 2 aromatic carbocycles. The SMILES string of the molecule is OCc1cccc(CNCc2ccc3c(c2)OCO3)c1. The van der Waals surface area contributed by atoms with Gasteiger partial charge in [0.1, 0.15) is 0 Å². The number of nitrogens with one attached hydrogen (secondary N) is 1. The van der Waals surface area contributed by atoms with Crippen LogP contribution in [0.2, 0.25) is 0 Å². The molecule has 0 amide bonds. The molecule has 0 radical (unpaired) electrons. The predicted molar refractivity (Wildman–Crippen MR) is 75.5 cm³/mol. The van der Waals surface area contributed by atoms with Gasteiger partial charge in [-0.25, -0.2) is 0 Å². The molecule has 4 nitrogen and oxygen atoms in total. The molecule has 0 bridgehead atoms. The Kier molecular flexibility index (Phi) is 3.85. The minimum atomic E-state index is 0.0794. The number of aliphatic hydroxyl groups is 1. The summed E-state index contributed by atoms with van der Waals surface area (Å²) in [6.07, 6.45) is 0. The van der Waals surface area contributed by atoms with E-state index in [1.165, 1.54) is 0 Å². The van der Waals surface area contributed by atoms with Gasteiger partial charge in [-0.3, -0.25) is 0 Å². The van der Waals surface area contributed by atoms with Gasteiger partial charge in [-0.05, 0) is 28.8 Å². The molecule has 0 saturated carbocycles. The second-order valence-electron chi connectivity index (χ2n) is 4.77. The molecule has 1 aliphatic rings. The van der Waals surface area contributed by atoms with E-state index in [2.05, 4.69) is 5.32 Å². The van der Waals surface area contributed by atoms with E-state index in [-0.39, 0.29) is 6.61 Å². The smallest absolute Gasteiger partial charge is 0.231 e. The van der Waals surface area contributed by atoms with Crippen LogP contribution in [0.15, 0.2) is 42.5 Å². The summed E-state index contributed by atoms with van der Waals surface area (Å²) in [7, 11) is 0. The number of aliphatic hydroxyl groups excluding tert-OH is 1. The Bertz CT molecular complexity index is 598. The third kappa shape index (κ3) is 2.92.